The minimum atomic E-state index is -3.98. The van der Waals surface area contributed by atoms with Gasteiger partial charge in [-0.15, -0.1) is 0 Å². The lowest BCUT2D eigenvalue weighted by Crippen LogP contribution is -2.03. The van der Waals surface area contributed by atoms with E-state index in [9.17, 15) is 13.7 Å². The molecule has 5 nitrogen and oxygen atoms in total. The van der Waals surface area contributed by atoms with Gasteiger partial charge in [0.25, 0.3) is 0 Å². The Morgan fingerprint density at radius 2 is 1.81 bits per heavy atom. The summed E-state index contributed by atoms with van der Waals surface area (Å²) in [7, 11) is -2.48. The molecule has 3 rings (SSSR count). The molecule has 3 aromatic carbocycles. The van der Waals surface area contributed by atoms with E-state index in [1.807, 2.05) is 31.2 Å². The van der Waals surface area contributed by atoms with E-state index in [4.69, 9.17) is 21.1 Å². The van der Waals surface area contributed by atoms with Crippen molar-refractivity contribution in [2.75, 3.05) is 7.11 Å². The highest BCUT2D eigenvalue weighted by atomic mass is 35.5. The zero-order valence-corrected chi connectivity index (χ0v) is 18.6. The summed E-state index contributed by atoms with van der Waals surface area (Å²) in [5, 5.41) is 9.88. The SMILES string of the molecule is COc1cc(C=C(C#N)S(=O)(=O)c2ccc(Cl)cc2)ccc1OCc1cccc(C)c1. The molecule has 7 heteroatoms. The lowest BCUT2D eigenvalue weighted by Gasteiger charge is -2.12. The van der Waals surface area contributed by atoms with E-state index in [0.29, 0.717) is 28.7 Å². The van der Waals surface area contributed by atoms with Crippen LogP contribution < -0.4 is 9.47 Å². The van der Waals surface area contributed by atoms with E-state index in [1.165, 1.54) is 37.5 Å². The molecule has 0 unspecified atom stereocenters. The maximum atomic E-state index is 12.8. The number of benzene rings is 3. The van der Waals surface area contributed by atoms with Crippen molar-refractivity contribution in [2.24, 2.45) is 0 Å². The fourth-order valence-electron chi connectivity index (χ4n) is 2.92. The Morgan fingerprint density at radius 3 is 2.45 bits per heavy atom. The molecule has 0 aliphatic heterocycles. The average molecular weight is 454 g/mol. The number of rotatable bonds is 7. The maximum absolute atomic E-state index is 12.8. The Morgan fingerprint density at radius 1 is 1.06 bits per heavy atom. The summed E-state index contributed by atoms with van der Waals surface area (Å²) in [6.07, 6.45) is 1.30. The van der Waals surface area contributed by atoms with Gasteiger partial charge in [0.2, 0.25) is 9.84 Å². The molecule has 0 radical (unpaired) electrons. The van der Waals surface area contributed by atoms with Crippen molar-refractivity contribution < 1.29 is 17.9 Å². The average Bonchev–Trinajstić information content (AvgIpc) is 2.76. The van der Waals surface area contributed by atoms with Crippen molar-refractivity contribution in [3.63, 3.8) is 0 Å². The van der Waals surface area contributed by atoms with Crippen LogP contribution in [-0.2, 0) is 16.4 Å². The molecule has 0 spiro atoms. The summed E-state index contributed by atoms with van der Waals surface area (Å²) in [6.45, 7) is 2.37. The number of allylic oxidation sites excluding steroid dienone is 1. The molecule has 0 atom stereocenters. The van der Waals surface area contributed by atoms with E-state index in [1.54, 1.807) is 24.3 Å². The Bertz CT molecular complexity index is 1260. The van der Waals surface area contributed by atoms with E-state index in [2.05, 4.69) is 0 Å². The molecular weight excluding hydrogens is 434 g/mol. The van der Waals surface area contributed by atoms with E-state index in [-0.39, 0.29) is 9.80 Å². The second-order valence-electron chi connectivity index (χ2n) is 6.77. The summed E-state index contributed by atoms with van der Waals surface area (Å²) in [6, 6.07) is 20.4. The summed E-state index contributed by atoms with van der Waals surface area (Å²) < 4.78 is 36.9. The number of halogens is 1. The highest BCUT2D eigenvalue weighted by Gasteiger charge is 2.21. The quantitative estimate of drug-likeness (QED) is 0.437. The number of hydrogen-bond acceptors (Lipinski definition) is 5. The van der Waals surface area contributed by atoms with Crippen LogP contribution in [0.1, 0.15) is 16.7 Å². The highest BCUT2D eigenvalue weighted by molar-refractivity contribution is 7.95. The molecule has 0 bridgehead atoms. The lowest BCUT2D eigenvalue weighted by atomic mass is 10.1. The van der Waals surface area contributed by atoms with Crippen molar-refractivity contribution in [2.45, 2.75) is 18.4 Å². The number of sulfone groups is 1. The number of hydrogen-bond donors (Lipinski definition) is 0. The van der Waals surface area contributed by atoms with Crippen LogP contribution in [0.2, 0.25) is 5.02 Å². The van der Waals surface area contributed by atoms with Crippen LogP contribution in [0.15, 0.2) is 76.5 Å². The van der Waals surface area contributed by atoms with Gasteiger partial charge >= 0.3 is 0 Å². The number of nitrogens with zero attached hydrogens (tertiary/aromatic N) is 1. The van der Waals surface area contributed by atoms with E-state index < -0.39 is 9.84 Å². The molecule has 0 amide bonds. The molecule has 0 heterocycles. The molecular formula is C24H20ClNO4S. The Hall–Kier alpha value is -3.27. The van der Waals surface area contributed by atoms with Crippen LogP contribution in [0.5, 0.6) is 11.5 Å². The molecule has 158 valence electrons. The fraction of sp³-hybridized carbons (Fsp3) is 0.125. The van der Waals surface area contributed by atoms with Crippen LogP contribution in [0.4, 0.5) is 0 Å². The Kier molecular flexibility index (Phi) is 7.01. The monoisotopic (exact) mass is 453 g/mol. The van der Waals surface area contributed by atoms with Gasteiger partial charge in [-0.1, -0.05) is 47.5 Å². The van der Waals surface area contributed by atoms with Gasteiger partial charge in [-0.05, 0) is 60.5 Å². The molecule has 3 aromatic rings. The molecule has 0 aromatic heterocycles. The molecule has 0 saturated heterocycles. The summed E-state index contributed by atoms with van der Waals surface area (Å²) >= 11 is 5.83. The van der Waals surface area contributed by atoms with Crippen molar-refractivity contribution in [3.8, 4) is 17.6 Å². The zero-order valence-electron chi connectivity index (χ0n) is 17.0. The second kappa shape index (κ2) is 9.69. The molecule has 0 aliphatic rings. The molecule has 0 fully saturated rings. The third-order valence-electron chi connectivity index (χ3n) is 4.49. The lowest BCUT2D eigenvalue weighted by molar-refractivity contribution is 0.284. The first-order valence-corrected chi connectivity index (χ1v) is 11.2. The van der Waals surface area contributed by atoms with Crippen LogP contribution in [0, 0.1) is 18.3 Å². The maximum Gasteiger partial charge on any atom is 0.216 e. The molecule has 0 N–H and O–H groups in total. The topological polar surface area (TPSA) is 76.4 Å². The first kappa shape index (κ1) is 22.4. The first-order chi connectivity index (χ1) is 14.8. The van der Waals surface area contributed by atoms with Crippen LogP contribution in [0.3, 0.4) is 0 Å². The van der Waals surface area contributed by atoms with Gasteiger partial charge in [0.1, 0.15) is 17.6 Å². The third-order valence-corrected chi connectivity index (χ3v) is 6.42. The number of nitriles is 1. The zero-order chi connectivity index (χ0) is 22.4. The van der Waals surface area contributed by atoms with Gasteiger partial charge in [-0.3, -0.25) is 0 Å². The summed E-state index contributed by atoms with van der Waals surface area (Å²) in [5.41, 5.74) is 2.65. The van der Waals surface area contributed by atoms with E-state index >= 15 is 0 Å². The minimum Gasteiger partial charge on any atom is -0.493 e. The first-order valence-electron chi connectivity index (χ1n) is 9.32. The fourth-order valence-corrected chi connectivity index (χ4v) is 4.20. The highest BCUT2D eigenvalue weighted by Crippen LogP contribution is 2.31. The van der Waals surface area contributed by atoms with Crippen LogP contribution in [-0.4, -0.2) is 15.5 Å². The third kappa shape index (κ3) is 5.46. The standard InChI is InChI=1S/C24H20ClNO4S/c1-17-4-3-5-19(12-17)16-30-23-11-6-18(14-24(23)29-2)13-22(15-26)31(27,28)21-9-7-20(25)8-10-21/h3-14H,16H2,1-2H3. The Labute approximate surface area is 187 Å². The van der Waals surface area contributed by atoms with Crippen molar-refractivity contribution in [1.29, 1.82) is 5.26 Å². The molecule has 31 heavy (non-hydrogen) atoms. The van der Waals surface area contributed by atoms with Gasteiger partial charge < -0.3 is 9.47 Å². The van der Waals surface area contributed by atoms with Gasteiger partial charge in [0.05, 0.1) is 12.0 Å². The smallest absolute Gasteiger partial charge is 0.216 e. The minimum absolute atomic E-state index is 0.00484. The number of aryl methyl sites for hydroxylation is 1. The van der Waals surface area contributed by atoms with Crippen molar-refractivity contribution >= 4 is 27.5 Å². The molecule has 0 aliphatic carbocycles. The predicted octanol–water partition coefficient (Wildman–Crippen LogP) is 5.57. The van der Waals surface area contributed by atoms with Gasteiger partial charge in [0, 0.05) is 5.02 Å². The second-order valence-corrected chi connectivity index (χ2v) is 9.12. The van der Waals surface area contributed by atoms with Gasteiger partial charge in [-0.25, -0.2) is 8.42 Å². The largest absolute Gasteiger partial charge is 0.493 e. The predicted molar refractivity (Wildman–Crippen MR) is 121 cm³/mol. The summed E-state index contributed by atoms with van der Waals surface area (Å²) in [4.78, 5) is -0.389. The summed E-state index contributed by atoms with van der Waals surface area (Å²) in [5.74, 6) is 0.947. The Balaban J connectivity index is 1.87. The van der Waals surface area contributed by atoms with Crippen LogP contribution in [0.25, 0.3) is 6.08 Å². The van der Waals surface area contributed by atoms with E-state index in [0.717, 1.165) is 11.1 Å². The number of ether oxygens (including phenoxy) is 2. The normalized spacial score (nSPS) is 11.6. The van der Waals surface area contributed by atoms with Crippen molar-refractivity contribution in [3.05, 3.63) is 93.3 Å². The van der Waals surface area contributed by atoms with Crippen LogP contribution >= 0.6 is 11.6 Å². The molecule has 0 saturated carbocycles. The number of methoxy groups -OCH3 is 1. The van der Waals surface area contributed by atoms with Gasteiger partial charge in [-0.2, -0.15) is 5.26 Å². The van der Waals surface area contributed by atoms with Gasteiger partial charge in [0.15, 0.2) is 11.5 Å². The van der Waals surface area contributed by atoms with Crippen molar-refractivity contribution in [1.82, 2.24) is 0 Å².